The molecule has 0 bridgehead atoms. The first-order valence-corrected chi connectivity index (χ1v) is 37.5. The number of unbranched alkanes of at least 4 members (excludes halogenated alkanes) is 16. The summed E-state index contributed by atoms with van der Waals surface area (Å²) in [6.07, 6.45) is 51.7. The molecule has 0 spiro atoms. The van der Waals surface area contributed by atoms with E-state index in [9.17, 15) is 28.8 Å². The van der Waals surface area contributed by atoms with E-state index in [4.69, 9.17) is 18.9 Å². The highest BCUT2D eigenvalue weighted by atomic mass is 32.2. The number of hydrogen-bond acceptors (Lipinski definition) is 14. The van der Waals surface area contributed by atoms with Crippen LogP contribution in [0, 0.1) is 5.92 Å². The molecule has 0 saturated heterocycles. The van der Waals surface area contributed by atoms with Crippen LogP contribution >= 0.6 is 23.5 Å². The van der Waals surface area contributed by atoms with Crippen molar-refractivity contribution < 1.29 is 47.7 Å². The summed E-state index contributed by atoms with van der Waals surface area (Å²) in [7, 11) is 7.99. The molecule has 2 amide bonds. The number of ether oxygens (including phenoxy) is 4. The number of nitrogens with zero attached hydrogens (tertiary/aromatic N) is 4. The van der Waals surface area contributed by atoms with Crippen molar-refractivity contribution in [1.29, 1.82) is 0 Å². The summed E-state index contributed by atoms with van der Waals surface area (Å²) >= 11 is 2.51. The van der Waals surface area contributed by atoms with Gasteiger partial charge < -0.3 is 38.5 Å². The summed E-state index contributed by atoms with van der Waals surface area (Å²) in [5, 5.41) is -0.183. The number of allylic oxidation sites excluding steroid dienone is 6. The van der Waals surface area contributed by atoms with E-state index in [1.54, 1.807) is 9.80 Å². The zero-order valence-electron chi connectivity index (χ0n) is 58.3. The number of carbonyl (C=O) groups is 6. The van der Waals surface area contributed by atoms with Crippen molar-refractivity contribution in [1.82, 2.24) is 19.6 Å². The molecule has 0 aromatic carbocycles. The lowest BCUT2D eigenvalue weighted by Gasteiger charge is -2.24. The molecule has 0 aromatic heterocycles. The second kappa shape index (κ2) is 63.2. The first-order chi connectivity index (χ1) is 43.1. The number of esters is 4. The molecule has 516 valence electrons. The second-order valence-corrected chi connectivity index (χ2v) is 27.0. The monoisotopic (exact) mass is 1290 g/mol. The number of amides is 2. The van der Waals surface area contributed by atoms with Gasteiger partial charge in [-0.2, -0.15) is 0 Å². The van der Waals surface area contributed by atoms with Crippen LogP contribution < -0.4 is 0 Å². The lowest BCUT2D eigenvalue weighted by Crippen LogP contribution is -2.36. The fourth-order valence-corrected chi connectivity index (χ4v) is 11.9. The minimum absolute atomic E-state index is 0.0327. The number of thioether (sulfide) groups is 2. The van der Waals surface area contributed by atoms with E-state index >= 15 is 0 Å². The summed E-state index contributed by atoms with van der Waals surface area (Å²) in [5.74, 6) is 0.807. The third kappa shape index (κ3) is 58.0. The molecule has 0 aromatic rings. The Labute approximate surface area is 553 Å². The maximum absolute atomic E-state index is 13.4. The van der Waals surface area contributed by atoms with E-state index in [1.165, 1.54) is 94.2 Å². The highest BCUT2D eigenvalue weighted by molar-refractivity contribution is 8.13. The maximum atomic E-state index is 13.4. The van der Waals surface area contributed by atoms with Gasteiger partial charge in [-0.1, -0.05) is 203 Å². The smallest absolute Gasteiger partial charge is 0.325 e. The van der Waals surface area contributed by atoms with Gasteiger partial charge in [-0.15, -0.1) is 0 Å². The van der Waals surface area contributed by atoms with Crippen LogP contribution in [-0.2, 0) is 38.1 Å². The standard InChI is InChI=1S/C73H132N4O10S2/c1-10-14-18-22-23-32-40-60-84-68(78)52-42-56-76(72(82)89-63-59-75(8)9)57-44-54-70(80)86-66(48-36-26-19-15-11-2)49-39-31-24-29-34-46-65(5)47-35-30-25-33-41-61-85-69(79)53-43-58-77(73(83)88-62-45-55-74(6)7)64-71(81)87-67(50-37-27-20-16-12-3)51-38-28-21-17-13-4/h19,24,26,31-33,40-41,65-67H,10-18,20-23,25,27-30,34-39,42-64H2,1-9H3/b26-19+,31-24+,40-32-,41-33-. The van der Waals surface area contributed by atoms with Crippen molar-refractivity contribution in [3.05, 3.63) is 48.6 Å². The van der Waals surface area contributed by atoms with Gasteiger partial charge in [0.25, 0.3) is 10.5 Å². The molecule has 89 heavy (non-hydrogen) atoms. The Morgan fingerprint density at radius 3 is 1.33 bits per heavy atom. The molecule has 2 atom stereocenters. The van der Waals surface area contributed by atoms with E-state index in [-0.39, 0.29) is 85.6 Å². The average molecular weight is 1290 g/mol. The molecule has 16 heteroatoms. The van der Waals surface area contributed by atoms with E-state index in [0.29, 0.717) is 56.3 Å². The summed E-state index contributed by atoms with van der Waals surface area (Å²) in [6.45, 7) is 14.3. The van der Waals surface area contributed by atoms with E-state index in [0.717, 1.165) is 142 Å². The van der Waals surface area contributed by atoms with E-state index < -0.39 is 0 Å². The van der Waals surface area contributed by atoms with Crippen molar-refractivity contribution in [2.75, 3.05) is 92.2 Å². The second-order valence-electron chi connectivity index (χ2n) is 24.9. The molecule has 0 rings (SSSR count). The van der Waals surface area contributed by atoms with E-state index in [2.05, 4.69) is 76.0 Å². The fraction of sp³-hybridized carbons (Fsp3) is 0.808. The van der Waals surface area contributed by atoms with Gasteiger partial charge in [-0.05, 0) is 163 Å². The van der Waals surface area contributed by atoms with Crippen molar-refractivity contribution in [2.45, 2.75) is 284 Å². The molecule has 14 nitrogen and oxygen atoms in total. The Balaban J connectivity index is 4.89. The molecule has 0 heterocycles. The predicted molar refractivity (Wildman–Crippen MR) is 377 cm³/mol. The summed E-state index contributed by atoms with van der Waals surface area (Å²) in [4.78, 5) is 85.9. The molecule has 0 radical (unpaired) electrons. The minimum Gasteiger partial charge on any atom is -0.462 e. The van der Waals surface area contributed by atoms with Crippen LogP contribution in [0.3, 0.4) is 0 Å². The first kappa shape index (κ1) is 85.4. The van der Waals surface area contributed by atoms with Crippen LogP contribution in [-0.4, -0.2) is 158 Å². The van der Waals surface area contributed by atoms with Crippen molar-refractivity contribution in [3.8, 4) is 0 Å². The largest absolute Gasteiger partial charge is 0.462 e. The van der Waals surface area contributed by atoms with Crippen LogP contribution in [0.15, 0.2) is 48.6 Å². The zero-order chi connectivity index (χ0) is 65.6. The van der Waals surface area contributed by atoms with Gasteiger partial charge in [0.05, 0.1) is 0 Å². The Bertz CT molecular complexity index is 1850. The lowest BCUT2D eigenvalue weighted by atomic mass is 9.97. The zero-order valence-corrected chi connectivity index (χ0v) is 59.9. The van der Waals surface area contributed by atoms with E-state index in [1.807, 2.05) is 45.2 Å². The highest BCUT2D eigenvalue weighted by Crippen LogP contribution is 2.21. The van der Waals surface area contributed by atoms with Crippen LogP contribution in [0.1, 0.15) is 272 Å². The number of hydrogen-bond donors (Lipinski definition) is 0. The average Bonchev–Trinajstić information content (AvgIpc) is 3.53. The van der Waals surface area contributed by atoms with Gasteiger partial charge in [0.1, 0.15) is 32.0 Å². The fourth-order valence-electron chi connectivity index (χ4n) is 10.1. The SMILES string of the molecule is CCC/C=C/CCC(CC/C=C/CCCC(C)CCCC/C=C\COC(=O)CCCN(CC(=O)OC(CCCCCCC)CCCCCCC)C(=O)SCCCN(C)C)OC(=O)CCCN(CCCC(=O)OC/C=C\CCCCCC)C(=O)SCCN(C)C. The Kier molecular flexibility index (Phi) is 60.6. The quantitative estimate of drug-likeness (QED) is 0.0246. The Hall–Kier alpha value is -3.60. The van der Waals surface area contributed by atoms with Gasteiger partial charge in [-0.25, -0.2) is 0 Å². The summed E-state index contributed by atoms with van der Waals surface area (Å²) in [6, 6.07) is 0. The third-order valence-electron chi connectivity index (χ3n) is 15.6. The molecule has 0 saturated carbocycles. The highest BCUT2D eigenvalue weighted by Gasteiger charge is 2.23. The molecular weight excluding hydrogens is 1160 g/mol. The predicted octanol–water partition coefficient (Wildman–Crippen LogP) is 18.7. The molecule has 0 aliphatic heterocycles. The number of carbonyl (C=O) groups excluding carboxylic acids is 6. The molecular formula is C73H132N4O10S2. The van der Waals surface area contributed by atoms with Crippen molar-refractivity contribution in [2.24, 2.45) is 5.92 Å². The number of rotatable bonds is 61. The van der Waals surface area contributed by atoms with Crippen molar-refractivity contribution in [3.63, 3.8) is 0 Å². The Morgan fingerprint density at radius 1 is 0.360 bits per heavy atom. The van der Waals surface area contributed by atoms with Gasteiger partial charge in [-0.3, -0.25) is 28.8 Å². The van der Waals surface area contributed by atoms with Crippen LogP contribution in [0.25, 0.3) is 0 Å². The van der Waals surface area contributed by atoms with Gasteiger partial charge in [0.2, 0.25) is 0 Å². The summed E-state index contributed by atoms with van der Waals surface area (Å²) < 4.78 is 23.1. The molecule has 0 N–H and O–H groups in total. The summed E-state index contributed by atoms with van der Waals surface area (Å²) in [5.41, 5.74) is 0. The first-order valence-electron chi connectivity index (χ1n) is 35.6. The molecule has 0 aliphatic rings. The van der Waals surface area contributed by atoms with Crippen LogP contribution in [0.4, 0.5) is 9.59 Å². The molecule has 2 unspecified atom stereocenters. The molecule has 0 fully saturated rings. The van der Waals surface area contributed by atoms with Gasteiger partial charge in [0.15, 0.2) is 0 Å². The van der Waals surface area contributed by atoms with Crippen LogP contribution in [0.2, 0.25) is 0 Å². The third-order valence-corrected chi connectivity index (χ3v) is 17.5. The van der Waals surface area contributed by atoms with Gasteiger partial charge in [0, 0.05) is 56.9 Å². The molecule has 0 aliphatic carbocycles. The Morgan fingerprint density at radius 2 is 0.775 bits per heavy atom. The maximum Gasteiger partial charge on any atom is 0.325 e. The normalized spacial score (nSPS) is 12.6. The lowest BCUT2D eigenvalue weighted by molar-refractivity contribution is -0.151. The van der Waals surface area contributed by atoms with Crippen molar-refractivity contribution >= 4 is 57.9 Å². The van der Waals surface area contributed by atoms with Gasteiger partial charge >= 0.3 is 23.9 Å². The topological polar surface area (TPSA) is 152 Å². The van der Waals surface area contributed by atoms with Crippen LogP contribution in [0.5, 0.6) is 0 Å². The minimum atomic E-state index is -0.361.